The monoisotopic (exact) mass is 432 g/mol. The lowest BCUT2D eigenvalue weighted by molar-refractivity contribution is -0.128. The van der Waals surface area contributed by atoms with Crippen LogP contribution in [0.2, 0.25) is 0 Å². The van der Waals surface area contributed by atoms with Gasteiger partial charge in [-0.15, -0.1) is 0 Å². The molecule has 0 N–H and O–H groups in total. The molecule has 1 heterocycles. The predicted octanol–water partition coefficient (Wildman–Crippen LogP) is 3.33. The van der Waals surface area contributed by atoms with E-state index < -0.39 is 21.3 Å². The molecule has 0 amide bonds. The summed E-state index contributed by atoms with van der Waals surface area (Å²) in [7, 11) is -3.90. The van der Waals surface area contributed by atoms with Crippen LogP contribution in [0.1, 0.15) is 73.1 Å². The fourth-order valence-corrected chi connectivity index (χ4v) is 8.65. The molecule has 0 radical (unpaired) electrons. The summed E-state index contributed by atoms with van der Waals surface area (Å²) in [6, 6.07) is 0. The van der Waals surface area contributed by atoms with E-state index in [1.54, 1.807) is 0 Å². The van der Waals surface area contributed by atoms with Crippen LogP contribution < -0.4 is 0 Å². The van der Waals surface area contributed by atoms with Gasteiger partial charge in [0.25, 0.3) is 0 Å². The average molecular weight is 433 g/mol. The van der Waals surface area contributed by atoms with Gasteiger partial charge in [-0.25, -0.2) is 8.42 Å². The molecule has 3 rings (SSSR count). The summed E-state index contributed by atoms with van der Waals surface area (Å²) < 4.78 is 32.7. The molecule has 2 aliphatic carbocycles. The van der Waals surface area contributed by atoms with Crippen LogP contribution in [0.4, 0.5) is 0 Å². The predicted molar refractivity (Wildman–Crippen MR) is 113 cm³/mol. The largest absolute Gasteiger partial charge is 0.748 e. The zero-order chi connectivity index (χ0) is 21.4. The Hall–Kier alpha value is -0.400. The Morgan fingerprint density at radius 1 is 1.18 bits per heavy atom. The molecular formula is C21H36O5S2. The number of hydrogen-bond acceptors (Lipinski definition) is 5. The van der Waals surface area contributed by atoms with Gasteiger partial charge in [0.05, 0.1) is 15.9 Å². The first-order chi connectivity index (χ1) is 12.7. The third-order valence-electron chi connectivity index (χ3n) is 7.10. The zero-order valence-electron chi connectivity index (χ0n) is 18.0. The summed E-state index contributed by atoms with van der Waals surface area (Å²) in [6.07, 6.45) is 5.95. The van der Waals surface area contributed by atoms with Crippen LogP contribution in [0.25, 0.3) is 0 Å². The van der Waals surface area contributed by atoms with E-state index in [4.69, 9.17) is 0 Å². The fourth-order valence-electron chi connectivity index (χ4n) is 4.85. The number of ketones is 2. The molecule has 162 valence electrons. The first-order valence-electron chi connectivity index (χ1n) is 10.3. The Morgan fingerprint density at radius 3 is 2.14 bits per heavy atom. The first-order valence-corrected chi connectivity index (χ1v) is 13.6. The second kappa shape index (κ2) is 8.38. The Balaban J connectivity index is 0.000000203. The average Bonchev–Trinajstić information content (AvgIpc) is 2.88. The maximum Gasteiger partial charge on any atom is 0.187 e. The molecule has 7 heteroatoms. The van der Waals surface area contributed by atoms with Crippen molar-refractivity contribution in [3.05, 3.63) is 0 Å². The summed E-state index contributed by atoms with van der Waals surface area (Å²) in [5.41, 5.74) is -1.34. The highest BCUT2D eigenvalue weighted by atomic mass is 32.2. The van der Waals surface area contributed by atoms with E-state index >= 15 is 0 Å². The number of rotatable bonds is 4. The smallest absolute Gasteiger partial charge is 0.187 e. The van der Waals surface area contributed by atoms with Crippen molar-refractivity contribution < 1.29 is 22.6 Å². The molecule has 3 fully saturated rings. The van der Waals surface area contributed by atoms with Crippen molar-refractivity contribution in [3.8, 4) is 0 Å². The second-order valence-electron chi connectivity index (χ2n) is 10.3. The lowest BCUT2D eigenvalue weighted by Gasteiger charge is -2.37. The Kier molecular flexibility index (Phi) is 7.15. The van der Waals surface area contributed by atoms with Gasteiger partial charge in [0.2, 0.25) is 0 Å². The highest BCUT2D eigenvalue weighted by Crippen LogP contribution is 2.64. The van der Waals surface area contributed by atoms with Gasteiger partial charge >= 0.3 is 0 Å². The molecule has 1 aliphatic heterocycles. The standard InChI is InChI=1S/C11H21OS.C10H16O4S/c1-11(2,3)10(12)9-13-7-5-4-6-8-13;1-9(2)7-3-4-10(9,8(11)5-7)6-15(12,13)14/h4-9H2,1-3H3;7H,3-6H2,1-2H3,(H,12,13,14)/q+1;/p-1. The van der Waals surface area contributed by atoms with Gasteiger partial charge in [-0.05, 0) is 54.3 Å². The Labute approximate surface area is 173 Å². The van der Waals surface area contributed by atoms with Crippen LogP contribution in [0.15, 0.2) is 0 Å². The second-order valence-corrected chi connectivity index (χ2v) is 14.0. The SMILES string of the molecule is CC(C)(C)C(=O)C[S+]1CCCCC1.CC1(C)C2CCC1(CS(=O)(=O)[O-])C(=O)C2. The third kappa shape index (κ3) is 5.20. The van der Waals surface area contributed by atoms with Gasteiger partial charge < -0.3 is 4.55 Å². The van der Waals surface area contributed by atoms with E-state index in [1.165, 1.54) is 30.8 Å². The fraction of sp³-hybridized carbons (Fsp3) is 0.905. The third-order valence-corrected chi connectivity index (χ3v) is 10.3. The van der Waals surface area contributed by atoms with Gasteiger partial charge in [-0.3, -0.25) is 9.59 Å². The van der Waals surface area contributed by atoms with Crippen LogP contribution in [0.5, 0.6) is 0 Å². The molecule has 0 aromatic carbocycles. The summed E-state index contributed by atoms with van der Waals surface area (Å²) in [5.74, 6) is 3.64. The zero-order valence-corrected chi connectivity index (χ0v) is 19.6. The molecule has 28 heavy (non-hydrogen) atoms. The maximum absolute atomic E-state index is 11.8. The van der Waals surface area contributed by atoms with Gasteiger partial charge in [0.15, 0.2) is 11.5 Å². The number of fused-ring (bicyclic) bond motifs is 2. The van der Waals surface area contributed by atoms with Gasteiger partial charge in [0.1, 0.15) is 17.3 Å². The van der Waals surface area contributed by atoms with E-state index in [0.29, 0.717) is 29.5 Å². The molecule has 5 nitrogen and oxygen atoms in total. The Bertz CT molecular complexity index is 699. The van der Waals surface area contributed by atoms with Gasteiger partial charge in [-0.1, -0.05) is 34.6 Å². The van der Waals surface area contributed by atoms with E-state index in [9.17, 15) is 22.6 Å². The van der Waals surface area contributed by atoms with E-state index in [1.807, 2.05) is 34.6 Å². The van der Waals surface area contributed by atoms with Crippen molar-refractivity contribution >= 4 is 32.6 Å². The van der Waals surface area contributed by atoms with Crippen LogP contribution in [-0.4, -0.2) is 47.5 Å². The quantitative estimate of drug-likeness (QED) is 0.502. The van der Waals surface area contributed by atoms with Crippen molar-refractivity contribution in [2.24, 2.45) is 22.2 Å². The molecule has 0 aromatic heterocycles. The van der Waals surface area contributed by atoms with Crippen molar-refractivity contribution in [1.29, 1.82) is 0 Å². The molecule has 3 aliphatic rings. The first kappa shape index (κ1) is 23.9. The van der Waals surface area contributed by atoms with E-state index in [0.717, 1.165) is 12.2 Å². The van der Waals surface area contributed by atoms with Crippen molar-refractivity contribution in [1.82, 2.24) is 0 Å². The molecule has 2 saturated carbocycles. The highest BCUT2D eigenvalue weighted by Gasteiger charge is 2.64. The lowest BCUT2D eigenvalue weighted by atomic mass is 9.70. The van der Waals surface area contributed by atoms with Crippen molar-refractivity contribution in [2.45, 2.75) is 73.1 Å². The topological polar surface area (TPSA) is 91.3 Å². The molecular weight excluding hydrogens is 396 g/mol. The van der Waals surface area contributed by atoms with Crippen LogP contribution in [0, 0.1) is 22.2 Å². The normalized spacial score (nSPS) is 30.1. The van der Waals surface area contributed by atoms with E-state index in [2.05, 4.69) is 0 Å². The highest BCUT2D eigenvalue weighted by molar-refractivity contribution is 7.97. The minimum Gasteiger partial charge on any atom is -0.748 e. The summed E-state index contributed by atoms with van der Waals surface area (Å²) in [5, 5.41) is 0. The summed E-state index contributed by atoms with van der Waals surface area (Å²) in [6.45, 7) is 9.93. The lowest BCUT2D eigenvalue weighted by Crippen LogP contribution is -2.42. The van der Waals surface area contributed by atoms with Gasteiger partial charge in [0, 0.05) is 17.3 Å². The number of carbonyl (C=O) groups is 2. The maximum atomic E-state index is 11.8. The molecule has 0 aromatic rings. The molecule has 2 atom stereocenters. The summed E-state index contributed by atoms with van der Waals surface area (Å²) >= 11 is 0. The van der Waals surface area contributed by atoms with Crippen LogP contribution in [-0.2, 0) is 30.6 Å². The molecule has 0 spiro atoms. The van der Waals surface area contributed by atoms with Gasteiger partial charge in [-0.2, -0.15) is 0 Å². The van der Waals surface area contributed by atoms with Crippen LogP contribution in [0.3, 0.4) is 0 Å². The minimum atomic E-state index is -4.33. The molecule has 2 bridgehead atoms. The Morgan fingerprint density at radius 2 is 1.75 bits per heavy atom. The molecule has 1 saturated heterocycles. The minimum absolute atomic E-state index is 0.0248. The molecule has 2 unspecified atom stereocenters. The van der Waals surface area contributed by atoms with Crippen LogP contribution >= 0.6 is 0 Å². The van der Waals surface area contributed by atoms with Crippen molar-refractivity contribution in [3.63, 3.8) is 0 Å². The summed E-state index contributed by atoms with van der Waals surface area (Å²) in [4.78, 5) is 23.6. The number of carbonyl (C=O) groups excluding carboxylic acids is 2. The number of hydrogen-bond donors (Lipinski definition) is 0. The van der Waals surface area contributed by atoms with E-state index in [-0.39, 0.29) is 22.5 Å². The number of Topliss-reactive ketones (excluding diaryl/α,β-unsaturated/α-hetero) is 2. The van der Waals surface area contributed by atoms with Crippen molar-refractivity contribution in [2.75, 3.05) is 23.0 Å².